The smallest absolute Gasteiger partial charge is 0.165 e. The first-order valence-electron chi connectivity index (χ1n) is 8.77. The van der Waals surface area contributed by atoms with Gasteiger partial charge in [0.05, 0.1) is 25.1 Å². The Hall–Kier alpha value is -2.67. The summed E-state index contributed by atoms with van der Waals surface area (Å²) in [5.74, 6) is 0.527. The fourth-order valence-corrected chi connectivity index (χ4v) is 3.40. The van der Waals surface area contributed by atoms with Crippen LogP contribution in [0, 0.1) is 5.82 Å². The lowest BCUT2D eigenvalue weighted by molar-refractivity contribution is 0.126. The molecule has 1 aliphatic rings. The second kappa shape index (κ2) is 6.92. The van der Waals surface area contributed by atoms with E-state index in [0.717, 1.165) is 31.5 Å². The van der Waals surface area contributed by atoms with Gasteiger partial charge in [0.25, 0.3) is 0 Å². The molecule has 0 unspecified atom stereocenters. The number of benzene rings is 1. The van der Waals surface area contributed by atoms with E-state index < -0.39 is 5.82 Å². The molecule has 2 heterocycles. The second-order valence-electron chi connectivity index (χ2n) is 6.63. The molecule has 0 atom stereocenters. The molecule has 1 aliphatic carbocycles. The number of hydrogen-bond donors (Lipinski definition) is 2. The fourth-order valence-electron chi connectivity index (χ4n) is 3.40. The van der Waals surface area contributed by atoms with Gasteiger partial charge in [0.15, 0.2) is 17.2 Å². The van der Waals surface area contributed by atoms with Crippen molar-refractivity contribution in [2.75, 3.05) is 12.4 Å². The van der Waals surface area contributed by atoms with Crippen LogP contribution in [0.2, 0.25) is 0 Å². The van der Waals surface area contributed by atoms with Gasteiger partial charge in [-0.15, -0.1) is 5.10 Å². The Morgan fingerprint density at radius 2 is 2.00 bits per heavy atom. The summed E-state index contributed by atoms with van der Waals surface area (Å²) in [7, 11) is 1.44. The highest BCUT2D eigenvalue weighted by Crippen LogP contribution is 2.27. The summed E-state index contributed by atoms with van der Waals surface area (Å²) < 4.78 is 20.7. The number of halogens is 1. The van der Waals surface area contributed by atoms with E-state index in [4.69, 9.17) is 4.74 Å². The van der Waals surface area contributed by atoms with E-state index in [1.54, 1.807) is 22.8 Å². The van der Waals surface area contributed by atoms with Crippen LogP contribution in [-0.4, -0.2) is 39.0 Å². The zero-order valence-electron chi connectivity index (χ0n) is 14.5. The Morgan fingerprint density at radius 3 is 2.73 bits per heavy atom. The summed E-state index contributed by atoms with van der Waals surface area (Å²) in [5.41, 5.74) is 2.09. The van der Waals surface area contributed by atoms with E-state index in [-0.39, 0.29) is 11.9 Å². The van der Waals surface area contributed by atoms with Crippen LogP contribution in [0.4, 0.5) is 10.2 Å². The van der Waals surface area contributed by atoms with E-state index in [1.165, 1.54) is 13.2 Å². The average Bonchev–Trinajstić information content (AvgIpc) is 3.07. The number of rotatable bonds is 4. The molecule has 6 nitrogen and oxygen atoms in total. The topological polar surface area (TPSA) is 71.7 Å². The van der Waals surface area contributed by atoms with Crippen LogP contribution < -0.4 is 10.1 Å². The van der Waals surface area contributed by atoms with Gasteiger partial charge >= 0.3 is 0 Å². The molecule has 1 saturated carbocycles. The monoisotopic (exact) mass is 356 g/mol. The molecule has 136 valence electrons. The fraction of sp³-hybridized carbons (Fsp3) is 0.368. The number of methoxy groups -OCH3 is 1. The molecular weight excluding hydrogens is 335 g/mol. The van der Waals surface area contributed by atoms with Gasteiger partial charge in [-0.25, -0.2) is 13.9 Å². The third kappa shape index (κ3) is 3.22. The maximum atomic E-state index is 14.1. The molecule has 3 aromatic rings. The maximum absolute atomic E-state index is 14.1. The molecule has 26 heavy (non-hydrogen) atoms. The number of aromatic nitrogens is 3. The third-order valence-corrected chi connectivity index (χ3v) is 4.86. The van der Waals surface area contributed by atoms with Gasteiger partial charge in [-0.3, -0.25) is 0 Å². The number of nitrogens with zero attached hydrogens (tertiary/aromatic N) is 3. The van der Waals surface area contributed by atoms with Crippen LogP contribution in [0.3, 0.4) is 0 Å². The van der Waals surface area contributed by atoms with Crippen molar-refractivity contribution in [3.8, 4) is 17.0 Å². The lowest BCUT2D eigenvalue weighted by atomic mass is 9.93. The van der Waals surface area contributed by atoms with Gasteiger partial charge in [0.1, 0.15) is 5.82 Å². The number of ether oxygens (including phenoxy) is 1. The van der Waals surface area contributed by atoms with Crippen LogP contribution in [0.15, 0.2) is 36.5 Å². The predicted molar refractivity (Wildman–Crippen MR) is 96.8 cm³/mol. The van der Waals surface area contributed by atoms with E-state index in [0.29, 0.717) is 22.9 Å². The minimum Gasteiger partial charge on any atom is -0.494 e. The first kappa shape index (κ1) is 16.8. The van der Waals surface area contributed by atoms with Crippen molar-refractivity contribution < 1.29 is 14.2 Å². The predicted octanol–water partition coefficient (Wildman–Crippen LogP) is 3.26. The zero-order valence-corrected chi connectivity index (χ0v) is 14.5. The number of aliphatic hydroxyl groups is 1. The van der Waals surface area contributed by atoms with Crippen molar-refractivity contribution in [2.24, 2.45) is 0 Å². The number of fused-ring (bicyclic) bond motifs is 1. The summed E-state index contributed by atoms with van der Waals surface area (Å²) in [6.45, 7) is 0. The molecule has 0 bridgehead atoms. The average molecular weight is 356 g/mol. The van der Waals surface area contributed by atoms with Crippen LogP contribution in [0.5, 0.6) is 5.75 Å². The molecule has 0 radical (unpaired) electrons. The Labute approximate surface area is 150 Å². The maximum Gasteiger partial charge on any atom is 0.165 e. The van der Waals surface area contributed by atoms with Crippen LogP contribution >= 0.6 is 0 Å². The van der Waals surface area contributed by atoms with E-state index >= 15 is 0 Å². The molecule has 0 saturated heterocycles. The molecular formula is C19H21FN4O2. The molecule has 0 spiro atoms. The molecule has 7 heteroatoms. The summed E-state index contributed by atoms with van der Waals surface area (Å²) in [4.78, 5) is 4.35. The van der Waals surface area contributed by atoms with E-state index in [1.807, 2.05) is 12.1 Å². The number of aliphatic hydroxyl groups excluding tert-OH is 1. The highest BCUT2D eigenvalue weighted by molar-refractivity contribution is 5.64. The first-order valence-corrected chi connectivity index (χ1v) is 8.77. The van der Waals surface area contributed by atoms with Gasteiger partial charge in [0, 0.05) is 11.6 Å². The Balaban J connectivity index is 1.63. The number of anilines is 1. The molecule has 4 rings (SSSR count). The molecule has 0 amide bonds. The lowest BCUT2D eigenvalue weighted by Gasteiger charge is -2.26. The molecule has 1 fully saturated rings. The van der Waals surface area contributed by atoms with Gasteiger partial charge in [-0.2, -0.15) is 0 Å². The lowest BCUT2D eigenvalue weighted by Crippen LogP contribution is -2.28. The van der Waals surface area contributed by atoms with Crippen molar-refractivity contribution in [3.05, 3.63) is 42.3 Å². The summed E-state index contributed by atoms with van der Waals surface area (Å²) in [5, 5.41) is 17.7. The summed E-state index contributed by atoms with van der Waals surface area (Å²) >= 11 is 0. The van der Waals surface area contributed by atoms with Crippen LogP contribution in [0.1, 0.15) is 25.7 Å². The van der Waals surface area contributed by atoms with Gasteiger partial charge in [-0.1, -0.05) is 0 Å². The number of hydrogen-bond acceptors (Lipinski definition) is 5. The summed E-state index contributed by atoms with van der Waals surface area (Å²) in [6.07, 6.45) is 4.95. The SMILES string of the molecule is COc1ccc(-c2cnc3ccc(NC4CCC(O)CC4)nn23)cc1F. The minimum absolute atomic E-state index is 0.186. The van der Waals surface area contributed by atoms with E-state index in [2.05, 4.69) is 15.4 Å². The summed E-state index contributed by atoms with van der Waals surface area (Å²) in [6, 6.07) is 8.89. The van der Waals surface area contributed by atoms with Crippen molar-refractivity contribution in [1.29, 1.82) is 0 Å². The molecule has 2 aromatic heterocycles. The van der Waals surface area contributed by atoms with Crippen molar-refractivity contribution in [2.45, 2.75) is 37.8 Å². The number of nitrogens with one attached hydrogen (secondary N) is 1. The van der Waals surface area contributed by atoms with E-state index in [9.17, 15) is 9.50 Å². The number of imidazole rings is 1. The van der Waals surface area contributed by atoms with Crippen molar-refractivity contribution >= 4 is 11.5 Å². The standard InChI is InChI=1S/C19H21FN4O2/c1-26-17-7-2-12(10-15(17)20)16-11-21-19-9-8-18(23-24(16)19)22-13-3-5-14(25)6-4-13/h2,7-11,13-14,25H,3-6H2,1H3,(H,22,23). The Kier molecular flexibility index (Phi) is 4.46. The highest BCUT2D eigenvalue weighted by atomic mass is 19.1. The van der Waals surface area contributed by atoms with Crippen molar-refractivity contribution in [1.82, 2.24) is 14.6 Å². The third-order valence-electron chi connectivity index (χ3n) is 4.86. The van der Waals surface area contributed by atoms with Crippen molar-refractivity contribution in [3.63, 3.8) is 0 Å². The van der Waals surface area contributed by atoms with Crippen LogP contribution in [-0.2, 0) is 0 Å². The van der Waals surface area contributed by atoms with Crippen LogP contribution in [0.25, 0.3) is 16.9 Å². The quantitative estimate of drug-likeness (QED) is 0.751. The van der Waals surface area contributed by atoms with Gasteiger partial charge in [-0.05, 0) is 56.0 Å². The zero-order chi connectivity index (χ0) is 18.1. The minimum atomic E-state index is -0.421. The second-order valence-corrected chi connectivity index (χ2v) is 6.63. The molecule has 2 N–H and O–H groups in total. The first-order chi connectivity index (χ1) is 12.6. The molecule has 1 aromatic carbocycles. The highest BCUT2D eigenvalue weighted by Gasteiger charge is 2.20. The van der Waals surface area contributed by atoms with Gasteiger partial charge < -0.3 is 15.2 Å². The van der Waals surface area contributed by atoms with Gasteiger partial charge in [0.2, 0.25) is 0 Å². The molecule has 0 aliphatic heterocycles. The normalized spacial score (nSPS) is 20.3. The largest absolute Gasteiger partial charge is 0.494 e. The Morgan fingerprint density at radius 1 is 1.19 bits per heavy atom. The Bertz CT molecular complexity index is 919.